The number of carbonyl (C=O) groups excluding carboxylic acids is 1. The highest BCUT2D eigenvalue weighted by molar-refractivity contribution is 5.65. The first-order chi connectivity index (χ1) is 7.18. The summed E-state index contributed by atoms with van der Waals surface area (Å²) in [6.07, 6.45) is 10.2. The van der Waals surface area contributed by atoms with Crippen LogP contribution in [0, 0.1) is 0 Å². The van der Waals surface area contributed by atoms with Crippen molar-refractivity contribution in [2.45, 2.75) is 72.6 Å². The fraction of sp³-hybridized carbons (Fsp3) is 0.923. The van der Waals surface area contributed by atoms with E-state index in [1.807, 2.05) is 0 Å². The van der Waals surface area contributed by atoms with Gasteiger partial charge in [-0.1, -0.05) is 58.8 Å². The maximum Gasteiger partial charge on any atom is 0.302 e. The summed E-state index contributed by atoms with van der Waals surface area (Å²) in [6.45, 7) is 7.90. The van der Waals surface area contributed by atoms with Crippen LogP contribution >= 0.6 is 0 Å². The van der Waals surface area contributed by atoms with E-state index in [9.17, 15) is 4.79 Å². The highest BCUT2D eigenvalue weighted by Crippen LogP contribution is 2.15. The molecule has 1 rings (SSSR count). The summed E-state index contributed by atoms with van der Waals surface area (Å²) < 4.78 is 4.40. The summed E-state index contributed by atoms with van der Waals surface area (Å²) in [7, 11) is 0. The van der Waals surface area contributed by atoms with Gasteiger partial charge in [-0.05, 0) is 6.92 Å². The Bertz CT molecular complexity index is 106. The molecule has 0 radical (unpaired) electrons. The molecule has 1 aliphatic carbocycles. The minimum atomic E-state index is -0.211. The van der Waals surface area contributed by atoms with Gasteiger partial charge in [0.25, 0.3) is 0 Å². The molecule has 0 atom stereocenters. The van der Waals surface area contributed by atoms with Gasteiger partial charge in [-0.2, -0.15) is 0 Å². The topological polar surface area (TPSA) is 26.3 Å². The van der Waals surface area contributed by atoms with Gasteiger partial charge in [-0.25, -0.2) is 0 Å². The first kappa shape index (κ1) is 16.9. The highest BCUT2D eigenvalue weighted by atomic mass is 16.5. The molecule has 1 saturated carbocycles. The molecule has 1 fully saturated rings. The summed E-state index contributed by atoms with van der Waals surface area (Å²) in [5, 5.41) is 0. The van der Waals surface area contributed by atoms with Crippen LogP contribution in [0.25, 0.3) is 0 Å². The Hall–Kier alpha value is -0.530. The Morgan fingerprint density at radius 1 is 0.933 bits per heavy atom. The van der Waals surface area contributed by atoms with Crippen LogP contribution in [-0.4, -0.2) is 12.6 Å². The second-order valence-electron chi connectivity index (χ2n) is 3.75. The van der Waals surface area contributed by atoms with Gasteiger partial charge in [0.2, 0.25) is 0 Å². The smallest absolute Gasteiger partial charge is 0.302 e. The van der Waals surface area contributed by atoms with Crippen LogP contribution in [0.5, 0.6) is 0 Å². The number of rotatable bonds is 1. The molecule has 0 aromatic heterocycles. The number of esters is 1. The number of hydrogen-bond acceptors (Lipinski definition) is 2. The van der Waals surface area contributed by atoms with E-state index in [1.165, 1.54) is 51.9 Å². The molecule has 0 aromatic carbocycles. The van der Waals surface area contributed by atoms with Crippen molar-refractivity contribution < 1.29 is 9.53 Å². The molecule has 0 spiro atoms. The summed E-state index contributed by atoms with van der Waals surface area (Å²) in [5.74, 6) is -0.211. The third-order valence-corrected chi connectivity index (χ3v) is 1.85. The summed E-state index contributed by atoms with van der Waals surface area (Å²) in [6, 6.07) is 0. The summed E-state index contributed by atoms with van der Waals surface area (Å²) in [5.41, 5.74) is 0. The van der Waals surface area contributed by atoms with E-state index >= 15 is 0 Å². The average Bonchev–Trinajstić information content (AvgIpc) is 2.22. The van der Waals surface area contributed by atoms with Gasteiger partial charge in [0.1, 0.15) is 0 Å². The fourth-order valence-corrected chi connectivity index (χ4v) is 1.26. The lowest BCUT2D eigenvalue weighted by molar-refractivity contribution is -0.140. The molecule has 0 bridgehead atoms. The molecule has 0 unspecified atom stereocenters. The molecule has 15 heavy (non-hydrogen) atoms. The Labute approximate surface area is 95.4 Å². The molecule has 0 heterocycles. The Morgan fingerprint density at radius 2 is 1.20 bits per heavy atom. The van der Waals surface area contributed by atoms with Crippen molar-refractivity contribution in [3.8, 4) is 0 Å². The van der Waals surface area contributed by atoms with E-state index in [1.54, 1.807) is 6.92 Å². The molecule has 0 aliphatic heterocycles. The normalized spacial score (nSPS) is 13.9. The molecular weight excluding hydrogens is 188 g/mol. The monoisotopic (exact) mass is 216 g/mol. The van der Waals surface area contributed by atoms with Crippen molar-refractivity contribution in [1.82, 2.24) is 0 Å². The van der Waals surface area contributed by atoms with Gasteiger partial charge in [0.15, 0.2) is 0 Å². The summed E-state index contributed by atoms with van der Waals surface area (Å²) >= 11 is 0. The fourth-order valence-electron chi connectivity index (χ4n) is 1.26. The largest absolute Gasteiger partial charge is 0.466 e. The lowest BCUT2D eigenvalue weighted by Gasteiger charge is -2.05. The molecule has 0 N–H and O–H groups in total. The maximum absolute atomic E-state index is 9.82. The van der Waals surface area contributed by atoms with Crippen LogP contribution in [0.4, 0.5) is 0 Å². The number of hydrogen-bond donors (Lipinski definition) is 0. The summed E-state index contributed by atoms with van der Waals surface area (Å²) in [4.78, 5) is 9.82. The second-order valence-corrected chi connectivity index (χ2v) is 3.75. The quantitative estimate of drug-likeness (QED) is 0.610. The first-order valence-corrected chi connectivity index (χ1v) is 6.32. The molecular formula is C13H28O2. The Balaban J connectivity index is 0. The van der Waals surface area contributed by atoms with Crippen molar-refractivity contribution in [2.24, 2.45) is 0 Å². The molecule has 92 valence electrons. The van der Waals surface area contributed by atoms with E-state index < -0.39 is 0 Å². The second kappa shape index (κ2) is 15.9. The van der Waals surface area contributed by atoms with Crippen LogP contribution in [0.3, 0.4) is 0 Å². The minimum absolute atomic E-state index is 0.211. The molecule has 0 amide bonds. The van der Waals surface area contributed by atoms with Crippen LogP contribution < -0.4 is 0 Å². The van der Waals surface area contributed by atoms with Crippen molar-refractivity contribution >= 4 is 5.97 Å². The van der Waals surface area contributed by atoms with Crippen molar-refractivity contribution in [2.75, 3.05) is 6.61 Å². The zero-order chi connectivity index (χ0) is 11.9. The lowest BCUT2D eigenvalue weighted by atomic mass is 10.0. The highest BCUT2D eigenvalue weighted by Gasteiger charge is 1.95. The van der Waals surface area contributed by atoms with E-state index in [0.29, 0.717) is 6.61 Å². The lowest BCUT2D eigenvalue weighted by Crippen LogP contribution is -1.95. The van der Waals surface area contributed by atoms with E-state index in [2.05, 4.69) is 18.6 Å². The van der Waals surface area contributed by atoms with Crippen molar-refractivity contribution in [3.05, 3.63) is 0 Å². The Morgan fingerprint density at radius 3 is 1.27 bits per heavy atom. The first-order valence-electron chi connectivity index (χ1n) is 6.32. The maximum atomic E-state index is 9.82. The van der Waals surface area contributed by atoms with Crippen LogP contribution in [0.2, 0.25) is 0 Å². The predicted molar refractivity (Wildman–Crippen MR) is 66.0 cm³/mol. The standard InChI is InChI=1S/C6H12.C4H8O2.C3H8/c1-2-4-6-5-3-1;1-3-6-4(2)5;1-3-2/h1-6H2;3H2,1-2H3;3H2,1-2H3. The third kappa shape index (κ3) is 24.7. The van der Waals surface area contributed by atoms with Gasteiger partial charge in [-0.3, -0.25) is 4.79 Å². The van der Waals surface area contributed by atoms with Gasteiger partial charge >= 0.3 is 5.97 Å². The molecule has 0 aromatic rings. The average molecular weight is 216 g/mol. The van der Waals surface area contributed by atoms with Gasteiger partial charge < -0.3 is 4.74 Å². The van der Waals surface area contributed by atoms with Gasteiger partial charge in [0.05, 0.1) is 6.61 Å². The SMILES string of the molecule is C1CCCCC1.CCC.CCOC(C)=O. The molecule has 2 nitrogen and oxygen atoms in total. The predicted octanol–water partition coefficient (Wildman–Crippen LogP) is 4.33. The van der Waals surface area contributed by atoms with Crippen LogP contribution in [-0.2, 0) is 9.53 Å². The number of ether oxygens (including phenoxy) is 1. The Kier molecular flexibility index (Phi) is 17.9. The van der Waals surface area contributed by atoms with Crippen molar-refractivity contribution in [1.29, 1.82) is 0 Å². The van der Waals surface area contributed by atoms with E-state index in [0.717, 1.165) is 0 Å². The van der Waals surface area contributed by atoms with E-state index in [-0.39, 0.29) is 5.97 Å². The zero-order valence-corrected chi connectivity index (χ0v) is 11.0. The van der Waals surface area contributed by atoms with Gasteiger partial charge in [-0.15, -0.1) is 0 Å². The minimum Gasteiger partial charge on any atom is -0.466 e. The van der Waals surface area contributed by atoms with E-state index in [4.69, 9.17) is 0 Å². The zero-order valence-electron chi connectivity index (χ0n) is 11.0. The van der Waals surface area contributed by atoms with Crippen LogP contribution in [0.1, 0.15) is 72.6 Å². The molecule has 1 aliphatic rings. The van der Waals surface area contributed by atoms with Gasteiger partial charge in [0, 0.05) is 6.92 Å². The van der Waals surface area contributed by atoms with Crippen molar-refractivity contribution in [3.63, 3.8) is 0 Å². The third-order valence-electron chi connectivity index (χ3n) is 1.85. The number of carbonyl (C=O) groups is 1. The van der Waals surface area contributed by atoms with Crippen LogP contribution in [0.15, 0.2) is 0 Å². The molecule has 0 saturated heterocycles. The molecule has 2 heteroatoms.